The minimum absolute atomic E-state index is 0.223. The number of rotatable bonds is 4. The summed E-state index contributed by atoms with van der Waals surface area (Å²) in [5.74, 6) is 0. The molecule has 0 aromatic heterocycles. The van der Waals surface area contributed by atoms with E-state index >= 15 is 0 Å². The topological polar surface area (TPSA) is 15.3 Å². The SMILES string of the molecule is CNC(c1ccc(Cl)cc1)C1(N(C)C)CCCCC1. The highest BCUT2D eigenvalue weighted by molar-refractivity contribution is 6.30. The van der Waals surface area contributed by atoms with Crippen LogP contribution in [0.25, 0.3) is 0 Å². The fraction of sp³-hybridized carbons (Fsp3) is 0.625. The van der Waals surface area contributed by atoms with Crippen LogP contribution in [0.4, 0.5) is 0 Å². The zero-order valence-electron chi connectivity index (χ0n) is 12.2. The molecule has 1 N–H and O–H groups in total. The molecule has 1 aromatic carbocycles. The quantitative estimate of drug-likeness (QED) is 0.901. The molecule has 1 atom stereocenters. The average molecular weight is 281 g/mol. The molecule has 1 saturated carbocycles. The van der Waals surface area contributed by atoms with Gasteiger partial charge in [-0.25, -0.2) is 0 Å². The zero-order valence-corrected chi connectivity index (χ0v) is 13.0. The van der Waals surface area contributed by atoms with Gasteiger partial charge in [0.2, 0.25) is 0 Å². The van der Waals surface area contributed by atoms with E-state index in [9.17, 15) is 0 Å². The molecule has 1 fully saturated rings. The molecule has 2 rings (SSSR count). The van der Waals surface area contributed by atoms with E-state index in [-0.39, 0.29) is 5.54 Å². The van der Waals surface area contributed by atoms with Gasteiger partial charge in [-0.15, -0.1) is 0 Å². The monoisotopic (exact) mass is 280 g/mol. The van der Waals surface area contributed by atoms with Crippen molar-refractivity contribution >= 4 is 11.6 Å². The Morgan fingerprint density at radius 3 is 2.16 bits per heavy atom. The standard InChI is InChI=1S/C16H25ClN2/c1-18-15(13-7-9-14(17)10-8-13)16(19(2)3)11-5-4-6-12-16/h7-10,15,18H,4-6,11-12H2,1-3H3. The molecular weight excluding hydrogens is 256 g/mol. The molecule has 0 saturated heterocycles. The summed E-state index contributed by atoms with van der Waals surface area (Å²) in [6.07, 6.45) is 6.53. The predicted octanol–water partition coefficient (Wildman–Crippen LogP) is 3.87. The van der Waals surface area contributed by atoms with Gasteiger partial charge in [0.25, 0.3) is 0 Å². The normalized spacial score (nSPS) is 20.5. The molecule has 2 nitrogen and oxygen atoms in total. The number of hydrogen-bond acceptors (Lipinski definition) is 2. The second kappa shape index (κ2) is 6.25. The lowest BCUT2D eigenvalue weighted by Crippen LogP contribution is -2.54. The van der Waals surface area contributed by atoms with Crippen molar-refractivity contribution in [2.24, 2.45) is 0 Å². The minimum atomic E-state index is 0.223. The van der Waals surface area contributed by atoms with Crippen molar-refractivity contribution in [2.75, 3.05) is 21.1 Å². The maximum atomic E-state index is 6.01. The second-order valence-corrected chi connectivity index (χ2v) is 6.27. The number of likely N-dealkylation sites (N-methyl/N-ethyl adjacent to an activating group) is 2. The molecule has 0 heterocycles. The van der Waals surface area contributed by atoms with Crippen LogP contribution in [-0.4, -0.2) is 31.6 Å². The van der Waals surface area contributed by atoms with Gasteiger partial charge in [-0.3, -0.25) is 0 Å². The van der Waals surface area contributed by atoms with E-state index in [0.717, 1.165) is 5.02 Å². The van der Waals surface area contributed by atoms with E-state index in [1.54, 1.807) is 0 Å². The Morgan fingerprint density at radius 2 is 1.68 bits per heavy atom. The highest BCUT2D eigenvalue weighted by atomic mass is 35.5. The Bertz CT molecular complexity index is 394. The van der Waals surface area contributed by atoms with Crippen LogP contribution in [0.2, 0.25) is 5.02 Å². The van der Waals surface area contributed by atoms with Crippen LogP contribution in [-0.2, 0) is 0 Å². The summed E-state index contributed by atoms with van der Waals surface area (Å²) in [4.78, 5) is 2.42. The molecule has 1 aliphatic carbocycles. The van der Waals surface area contributed by atoms with E-state index in [2.05, 4.69) is 43.5 Å². The van der Waals surface area contributed by atoms with Crippen LogP contribution >= 0.6 is 11.6 Å². The molecule has 0 spiro atoms. The van der Waals surface area contributed by atoms with Gasteiger partial charge in [-0.2, -0.15) is 0 Å². The molecule has 0 amide bonds. The van der Waals surface area contributed by atoms with Gasteiger partial charge < -0.3 is 10.2 Å². The van der Waals surface area contributed by atoms with Crippen molar-refractivity contribution in [3.63, 3.8) is 0 Å². The summed E-state index contributed by atoms with van der Waals surface area (Å²) < 4.78 is 0. The van der Waals surface area contributed by atoms with Crippen molar-refractivity contribution in [3.8, 4) is 0 Å². The molecule has 1 aromatic rings. The smallest absolute Gasteiger partial charge is 0.0504 e. The molecule has 1 unspecified atom stereocenters. The Labute approximate surface area is 122 Å². The van der Waals surface area contributed by atoms with Gasteiger partial charge in [0.15, 0.2) is 0 Å². The molecule has 0 radical (unpaired) electrons. The average Bonchev–Trinajstić information content (AvgIpc) is 2.42. The Hall–Kier alpha value is -0.570. The zero-order chi connectivity index (χ0) is 13.9. The van der Waals surface area contributed by atoms with Gasteiger partial charge in [0, 0.05) is 10.6 Å². The van der Waals surface area contributed by atoms with Crippen LogP contribution in [0.1, 0.15) is 43.7 Å². The first-order chi connectivity index (χ1) is 9.10. The van der Waals surface area contributed by atoms with Crippen molar-refractivity contribution in [1.82, 2.24) is 10.2 Å². The summed E-state index contributed by atoms with van der Waals surface area (Å²) in [6.45, 7) is 0. The third-order valence-electron chi connectivity index (χ3n) is 4.64. The summed E-state index contributed by atoms with van der Waals surface area (Å²) in [6, 6.07) is 8.66. The fourth-order valence-electron chi connectivity index (χ4n) is 3.56. The van der Waals surface area contributed by atoms with Gasteiger partial charge in [-0.1, -0.05) is 43.0 Å². The van der Waals surface area contributed by atoms with Gasteiger partial charge >= 0.3 is 0 Å². The minimum Gasteiger partial charge on any atom is -0.311 e. The number of nitrogens with one attached hydrogen (secondary N) is 1. The molecular formula is C16H25ClN2. The van der Waals surface area contributed by atoms with Gasteiger partial charge in [0.1, 0.15) is 0 Å². The van der Waals surface area contributed by atoms with Crippen molar-refractivity contribution < 1.29 is 0 Å². The Balaban J connectivity index is 2.34. The lowest BCUT2D eigenvalue weighted by Gasteiger charge is -2.48. The van der Waals surface area contributed by atoms with Crippen molar-refractivity contribution in [3.05, 3.63) is 34.9 Å². The first kappa shape index (κ1) is 14.8. The summed E-state index contributed by atoms with van der Waals surface area (Å²) in [7, 11) is 6.50. The summed E-state index contributed by atoms with van der Waals surface area (Å²) in [5.41, 5.74) is 1.56. The third-order valence-corrected chi connectivity index (χ3v) is 4.89. The second-order valence-electron chi connectivity index (χ2n) is 5.83. The number of benzene rings is 1. The molecule has 106 valence electrons. The van der Waals surface area contributed by atoms with E-state index in [1.165, 1.54) is 37.7 Å². The van der Waals surface area contributed by atoms with Gasteiger partial charge in [-0.05, 0) is 51.7 Å². The predicted molar refractivity (Wildman–Crippen MR) is 82.8 cm³/mol. The molecule has 0 aliphatic heterocycles. The Morgan fingerprint density at radius 1 is 1.11 bits per heavy atom. The number of halogens is 1. The van der Waals surface area contributed by atoms with E-state index in [0.29, 0.717) is 6.04 Å². The fourth-order valence-corrected chi connectivity index (χ4v) is 3.68. The lowest BCUT2D eigenvalue weighted by atomic mass is 9.73. The van der Waals surface area contributed by atoms with E-state index in [1.807, 2.05) is 12.1 Å². The molecule has 1 aliphatic rings. The molecule has 3 heteroatoms. The first-order valence-corrected chi connectivity index (χ1v) is 7.58. The third kappa shape index (κ3) is 2.96. The largest absolute Gasteiger partial charge is 0.311 e. The summed E-state index contributed by atoms with van der Waals surface area (Å²) >= 11 is 6.01. The van der Waals surface area contributed by atoms with Crippen molar-refractivity contribution in [2.45, 2.75) is 43.7 Å². The number of hydrogen-bond donors (Lipinski definition) is 1. The van der Waals surface area contributed by atoms with E-state index in [4.69, 9.17) is 11.6 Å². The van der Waals surface area contributed by atoms with E-state index < -0.39 is 0 Å². The molecule has 0 bridgehead atoms. The molecule has 19 heavy (non-hydrogen) atoms. The van der Waals surface area contributed by atoms with Gasteiger partial charge in [0.05, 0.1) is 6.04 Å². The highest BCUT2D eigenvalue weighted by Gasteiger charge is 2.41. The maximum Gasteiger partial charge on any atom is 0.0504 e. The van der Waals surface area contributed by atoms with Crippen LogP contribution < -0.4 is 5.32 Å². The van der Waals surface area contributed by atoms with Crippen LogP contribution in [0.5, 0.6) is 0 Å². The lowest BCUT2D eigenvalue weighted by molar-refractivity contribution is 0.0594. The van der Waals surface area contributed by atoms with Crippen LogP contribution in [0, 0.1) is 0 Å². The Kier molecular flexibility index (Phi) is 4.88. The summed E-state index contributed by atoms with van der Waals surface area (Å²) in [5, 5.41) is 4.35. The first-order valence-electron chi connectivity index (χ1n) is 7.20. The maximum absolute atomic E-state index is 6.01. The van der Waals surface area contributed by atoms with Crippen LogP contribution in [0.15, 0.2) is 24.3 Å². The van der Waals surface area contributed by atoms with Crippen molar-refractivity contribution in [1.29, 1.82) is 0 Å². The van der Waals surface area contributed by atoms with Crippen LogP contribution in [0.3, 0.4) is 0 Å². The highest BCUT2D eigenvalue weighted by Crippen LogP contribution is 2.41. The number of nitrogens with zero attached hydrogens (tertiary/aromatic N) is 1.